The normalized spacial score (nSPS) is 14.5. The minimum absolute atomic E-state index is 0.255. The SMILES string of the molecule is CC(NC(=O)N[C@@H](C(=O)O)C(C)(C)C)c1nccs1. The van der Waals surface area contributed by atoms with Crippen LogP contribution in [0.15, 0.2) is 11.6 Å². The minimum atomic E-state index is -1.05. The van der Waals surface area contributed by atoms with Gasteiger partial charge >= 0.3 is 12.0 Å². The molecule has 1 aromatic rings. The number of aromatic nitrogens is 1. The predicted molar refractivity (Wildman–Crippen MR) is 73.1 cm³/mol. The fourth-order valence-corrected chi connectivity index (χ4v) is 2.17. The highest BCUT2D eigenvalue weighted by molar-refractivity contribution is 7.09. The number of hydrogen-bond acceptors (Lipinski definition) is 4. The molecule has 0 aliphatic rings. The van der Waals surface area contributed by atoms with Crippen LogP contribution in [0, 0.1) is 5.41 Å². The number of nitrogens with one attached hydrogen (secondary N) is 2. The molecule has 106 valence electrons. The van der Waals surface area contributed by atoms with Crippen molar-refractivity contribution in [3.8, 4) is 0 Å². The maximum atomic E-state index is 11.8. The number of carboxylic acid groups (broad SMARTS) is 1. The summed E-state index contributed by atoms with van der Waals surface area (Å²) >= 11 is 1.43. The summed E-state index contributed by atoms with van der Waals surface area (Å²) in [6.45, 7) is 7.08. The van der Waals surface area contributed by atoms with Crippen LogP contribution in [0.2, 0.25) is 0 Å². The number of carboxylic acids is 1. The number of thiazole rings is 1. The smallest absolute Gasteiger partial charge is 0.326 e. The third kappa shape index (κ3) is 4.51. The number of carbonyl (C=O) groups excluding carboxylic acids is 1. The van der Waals surface area contributed by atoms with Crippen molar-refractivity contribution in [2.75, 3.05) is 0 Å². The van der Waals surface area contributed by atoms with E-state index in [1.165, 1.54) is 11.3 Å². The van der Waals surface area contributed by atoms with Gasteiger partial charge in [-0.05, 0) is 12.3 Å². The summed E-state index contributed by atoms with van der Waals surface area (Å²) in [5.74, 6) is -1.05. The average Bonchev–Trinajstić information content (AvgIpc) is 2.77. The van der Waals surface area contributed by atoms with Crippen molar-refractivity contribution in [1.82, 2.24) is 15.6 Å². The van der Waals surface area contributed by atoms with Crippen molar-refractivity contribution in [2.45, 2.75) is 39.8 Å². The molecule has 1 heterocycles. The molecule has 0 aliphatic heterocycles. The van der Waals surface area contributed by atoms with Gasteiger partial charge in [-0.15, -0.1) is 11.3 Å². The van der Waals surface area contributed by atoms with Gasteiger partial charge in [0.1, 0.15) is 11.0 Å². The summed E-state index contributed by atoms with van der Waals surface area (Å²) in [5, 5.41) is 16.9. The second-order valence-electron chi connectivity index (χ2n) is 5.35. The molecule has 2 amide bonds. The lowest BCUT2D eigenvalue weighted by Crippen LogP contribution is -2.52. The Balaban J connectivity index is 2.61. The van der Waals surface area contributed by atoms with Gasteiger partial charge in [-0.2, -0.15) is 0 Å². The monoisotopic (exact) mass is 285 g/mol. The largest absolute Gasteiger partial charge is 0.480 e. The van der Waals surface area contributed by atoms with Crippen LogP contribution in [-0.2, 0) is 4.79 Å². The lowest BCUT2D eigenvalue weighted by molar-refractivity contribution is -0.141. The fourth-order valence-electron chi connectivity index (χ4n) is 1.53. The van der Waals surface area contributed by atoms with Gasteiger partial charge in [0, 0.05) is 11.6 Å². The van der Waals surface area contributed by atoms with Crippen molar-refractivity contribution in [2.24, 2.45) is 5.41 Å². The van der Waals surface area contributed by atoms with E-state index < -0.39 is 23.5 Å². The Morgan fingerprint density at radius 1 is 1.37 bits per heavy atom. The van der Waals surface area contributed by atoms with Crippen molar-refractivity contribution in [1.29, 1.82) is 0 Å². The van der Waals surface area contributed by atoms with Crippen LogP contribution in [-0.4, -0.2) is 28.1 Å². The fraction of sp³-hybridized carbons (Fsp3) is 0.583. The first-order valence-corrected chi connectivity index (χ1v) is 6.79. The van der Waals surface area contributed by atoms with E-state index in [9.17, 15) is 9.59 Å². The first-order valence-electron chi connectivity index (χ1n) is 5.91. The van der Waals surface area contributed by atoms with Crippen molar-refractivity contribution < 1.29 is 14.7 Å². The zero-order valence-electron chi connectivity index (χ0n) is 11.4. The molecule has 19 heavy (non-hydrogen) atoms. The number of nitrogens with zero attached hydrogens (tertiary/aromatic N) is 1. The van der Waals surface area contributed by atoms with Gasteiger partial charge in [-0.25, -0.2) is 14.6 Å². The Kier molecular flexibility index (Phi) is 4.88. The maximum Gasteiger partial charge on any atom is 0.326 e. The van der Waals surface area contributed by atoms with Crippen LogP contribution in [0.1, 0.15) is 38.7 Å². The second kappa shape index (κ2) is 6.01. The van der Waals surface area contributed by atoms with Crippen LogP contribution in [0.25, 0.3) is 0 Å². The van der Waals surface area contributed by atoms with Gasteiger partial charge < -0.3 is 15.7 Å². The first kappa shape index (κ1) is 15.4. The number of aliphatic carboxylic acids is 1. The Morgan fingerprint density at radius 2 is 2.00 bits per heavy atom. The molecular weight excluding hydrogens is 266 g/mol. The molecule has 0 spiro atoms. The van der Waals surface area contributed by atoms with Gasteiger partial charge in [-0.1, -0.05) is 20.8 Å². The third-order valence-electron chi connectivity index (χ3n) is 2.56. The minimum Gasteiger partial charge on any atom is -0.480 e. The number of amides is 2. The summed E-state index contributed by atoms with van der Waals surface area (Å²) in [4.78, 5) is 27.0. The molecule has 0 saturated heterocycles. The first-order chi connectivity index (χ1) is 8.71. The number of hydrogen-bond donors (Lipinski definition) is 3. The highest BCUT2D eigenvalue weighted by atomic mass is 32.1. The van der Waals surface area contributed by atoms with Crippen molar-refractivity contribution in [3.05, 3.63) is 16.6 Å². The summed E-state index contributed by atoms with van der Waals surface area (Å²) < 4.78 is 0. The highest BCUT2D eigenvalue weighted by Gasteiger charge is 2.32. The molecule has 0 bridgehead atoms. The molecule has 2 atom stereocenters. The molecular formula is C12H19N3O3S. The van der Waals surface area contributed by atoms with Crippen LogP contribution >= 0.6 is 11.3 Å². The van der Waals surface area contributed by atoms with E-state index in [1.54, 1.807) is 33.9 Å². The topological polar surface area (TPSA) is 91.3 Å². The Hall–Kier alpha value is -1.63. The summed E-state index contributed by atoms with van der Waals surface area (Å²) in [7, 11) is 0. The molecule has 0 fully saturated rings. The quantitative estimate of drug-likeness (QED) is 0.789. The highest BCUT2D eigenvalue weighted by Crippen LogP contribution is 2.20. The van der Waals surface area contributed by atoms with Crippen LogP contribution < -0.4 is 10.6 Å². The molecule has 0 saturated carbocycles. The number of carbonyl (C=O) groups is 2. The third-order valence-corrected chi connectivity index (χ3v) is 3.52. The lowest BCUT2D eigenvalue weighted by atomic mass is 9.87. The zero-order valence-corrected chi connectivity index (χ0v) is 12.2. The summed E-state index contributed by atoms with van der Waals surface area (Å²) in [6, 6.07) is -1.71. The van der Waals surface area contributed by atoms with E-state index in [0.29, 0.717) is 0 Å². The Labute approximate surface area is 116 Å². The van der Waals surface area contributed by atoms with Crippen LogP contribution in [0.5, 0.6) is 0 Å². The Bertz CT molecular complexity index is 440. The molecule has 0 aliphatic carbocycles. The average molecular weight is 285 g/mol. The zero-order chi connectivity index (χ0) is 14.6. The molecule has 0 radical (unpaired) electrons. The Morgan fingerprint density at radius 3 is 2.42 bits per heavy atom. The van der Waals surface area contributed by atoms with E-state index in [4.69, 9.17) is 5.11 Å². The molecule has 3 N–H and O–H groups in total. The van der Waals surface area contributed by atoms with E-state index in [2.05, 4.69) is 15.6 Å². The van der Waals surface area contributed by atoms with E-state index in [1.807, 2.05) is 5.38 Å². The molecule has 1 unspecified atom stereocenters. The van der Waals surface area contributed by atoms with E-state index in [-0.39, 0.29) is 6.04 Å². The van der Waals surface area contributed by atoms with Crippen molar-refractivity contribution in [3.63, 3.8) is 0 Å². The molecule has 0 aromatic carbocycles. The van der Waals surface area contributed by atoms with Crippen molar-refractivity contribution >= 4 is 23.3 Å². The standard InChI is InChI=1S/C12H19N3O3S/c1-7(9-13-5-6-19-9)14-11(18)15-8(10(16)17)12(2,3)4/h5-8H,1-4H3,(H,16,17)(H2,14,15,18)/t7?,8-/m0/s1. The van der Waals surface area contributed by atoms with Crippen LogP contribution in [0.3, 0.4) is 0 Å². The van der Waals surface area contributed by atoms with Gasteiger partial charge in [0.2, 0.25) is 0 Å². The molecule has 1 rings (SSSR count). The van der Waals surface area contributed by atoms with E-state index >= 15 is 0 Å². The number of urea groups is 1. The van der Waals surface area contributed by atoms with Gasteiger partial charge in [0.15, 0.2) is 0 Å². The van der Waals surface area contributed by atoms with Gasteiger partial charge in [-0.3, -0.25) is 0 Å². The van der Waals surface area contributed by atoms with Crippen LogP contribution in [0.4, 0.5) is 4.79 Å². The summed E-state index contributed by atoms with van der Waals surface area (Å²) in [5.41, 5.74) is -0.562. The molecule has 7 heteroatoms. The predicted octanol–water partition coefficient (Wildman–Crippen LogP) is 2.00. The number of rotatable bonds is 4. The van der Waals surface area contributed by atoms with Gasteiger partial charge in [0.05, 0.1) is 6.04 Å². The molecule has 1 aromatic heterocycles. The lowest BCUT2D eigenvalue weighted by Gasteiger charge is -2.28. The summed E-state index contributed by atoms with van der Waals surface area (Å²) in [6.07, 6.45) is 1.66. The second-order valence-corrected chi connectivity index (χ2v) is 6.27. The maximum absolute atomic E-state index is 11.8. The molecule has 6 nitrogen and oxygen atoms in total. The van der Waals surface area contributed by atoms with E-state index in [0.717, 1.165) is 5.01 Å². The van der Waals surface area contributed by atoms with Gasteiger partial charge in [0.25, 0.3) is 0 Å².